The fourth-order valence-corrected chi connectivity index (χ4v) is 3.23. The SMILES string of the molecule is O=C(O)[C@@H]1CCC(=O)N(CCc2cccc(F)c2)[C@@H]1c1ccco1. The number of carbonyl (C=O) groups excluding carboxylic acids is 1. The summed E-state index contributed by atoms with van der Waals surface area (Å²) in [5.74, 6) is -1.62. The van der Waals surface area contributed by atoms with Crippen molar-refractivity contribution < 1.29 is 23.5 Å². The van der Waals surface area contributed by atoms with E-state index < -0.39 is 17.9 Å². The quantitative estimate of drug-likeness (QED) is 0.914. The van der Waals surface area contributed by atoms with Crippen LogP contribution in [0.25, 0.3) is 0 Å². The second kappa shape index (κ2) is 6.86. The van der Waals surface area contributed by atoms with E-state index in [9.17, 15) is 19.1 Å². The summed E-state index contributed by atoms with van der Waals surface area (Å²) in [5.41, 5.74) is 0.762. The lowest BCUT2D eigenvalue weighted by atomic mass is 9.87. The van der Waals surface area contributed by atoms with Crippen LogP contribution in [0.3, 0.4) is 0 Å². The van der Waals surface area contributed by atoms with Crippen molar-refractivity contribution in [2.45, 2.75) is 25.3 Å². The van der Waals surface area contributed by atoms with Crippen LogP contribution in [0.4, 0.5) is 4.39 Å². The standard InChI is InChI=1S/C18H18FNO4/c19-13-4-1-3-12(11-13)8-9-20-16(21)7-6-14(18(22)23)17(20)15-5-2-10-24-15/h1-5,10-11,14,17H,6-9H2,(H,22,23)/t14-,17+/m1/s1. The lowest BCUT2D eigenvalue weighted by Gasteiger charge is -2.38. The molecule has 0 spiro atoms. The normalized spacial score (nSPS) is 21.0. The fourth-order valence-electron chi connectivity index (χ4n) is 3.23. The molecule has 6 heteroatoms. The molecule has 0 unspecified atom stereocenters. The topological polar surface area (TPSA) is 70.8 Å². The molecule has 1 aliphatic heterocycles. The molecule has 1 aromatic carbocycles. The molecule has 1 saturated heterocycles. The number of furan rings is 1. The minimum atomic E-state index is -0.945. The van der Waals surface area contributed by atoms with Crippen LogP contribution < -0.4 is 0 Å². The monoisotopic (exact) mass is 331 g/mol. The van der Waals surface area contributed by atoms with Crippen molar-refractivity contribution in [1.29, 1.82) is 0 Å². The van der Waals surface area contributed by atoms with Gasteiger partial charge in [0, 0.05) is 13.0 Å². The molecule has 2 heterocycles. The second-order valence-electron chi connectivity index (χ2n) is 5.91. The Bertz CT molecular complexity index is 728. The molecule has 1 aromatic heterocycles. The number of benzene rings is 1. The molecule has 5 nitrogen and oxygen atoms in total. The van der Waals surface area contributed by atoms with Crippen LogP contribution in [0.15, 0.2) is 47.1 Å². The Labute approximate surface area is 138 Å². The van der Waals surface area contributed by atoms with Gasteiger partial charge in [0.2, 0.25) is 5.91 Å². The number of hydrogen-bond acceptors (Lipinski definition) is 3. The highest BCUT2D eigenvalue weighted by Gasteiger charge is 2.41. The average molecular weight is 331 g/mol. The van der Waals surface area contributed by atoms with Crippen LogP contribution in [0, 0.1) is 11.7 Å². The third-order valence-electron chi connectivity index (χ3n) is 4.39. The molecule has 2 aromatic rings. The Kier molecular flexibility index (Phi) is 4.64. The van der Waals surface area contributed by atoms with Crippen molar-refractivity contribution in [3.8, 4) is 0 Å². The number of carbonyl (C=O) groups is 2. The molecule has 24 heavy (non-hydrogen) atoms. The van der Waals surface area contributed by atoms with Gasteiger partial charge >= 0.3 is 5.97 Å². The summed E-state index contributed by atoms with van der Waals surface area (Å²) in [6.45, 7) is 0.317. The van der Waals surface area contributed by atoms with E-state index in [-0.39, 0.29) is 24.6 Å². The Balaban J connectivity index is 1.84. The number of likely N-dealkylation sites (tertiary alicyclic amines) is 1. The highest BCUT2D eigenvalue weighted by Crippen LogP contribution is 2.37. The molecule has 0 radical (unpaired) electrons. The van der Waals surface area contributed by atoms with E-state index in [4.69, 9.17) is 4.42 Å². The molecule has 1 fully saturated rings. The van der Waals surface area contributed by atoms with Crippen LogP contribution in [-0.4, -0.2) is 28.4 Å². The van der Waals surface area contributed by atoms with E-state index in [2.05, 4.69) is 0 Å². The first kappa shape index (κ1) is 16.2. The molecule has 0 aliphatic carbocycles. The maximum absolute atomic E-state index is 13.3. The van der Waals surface area contributed by atoms with Gasteiger partial charge in [-0.2, -0.15) is 0 Å². The fraction of sp³-hybridized carbons (Fsp3) is 0.333. The first-order chi connectivity index (χ1) is 11.6. The van der Waals surface area contributed by atoms with Gasteiger partial charge in [-0.05, 0) is 42.7 Å². The maximum Gasteiger partial charge on any atom is 0.309 e. The van der Waals surface area contributed by atoms with Crippen molar-refractivity contribution in [2.24, 2.45) is 5.92 Å². The molecule has 1 N–H and O–H groups in total. The molecule has 0 bridgehead atoms. The first-order valence-corrected chi connectivity index (χ1v) is 7.86. The zero-order valence-electron chi connectivity index (χ0n) is 13.0. The van der Waals surface area contributed by atoms with Gasteiger partial charge in [-0.1, -0.05) is 12.1 Å². The Morgan fingerprint density at radius 1 is 1.33 bits per heavy atom. The molecule has 3 rings (SSSR count). The highest BCUT2D eigenvalue weighted by molar-refractivity contribution is 5.81. The number of nitrogens with zero attached hydrogens (tertiary/aromatic N) is 1. The van der Waals surface area contributed by atoms with Crippen molar-refractivity contribution in [2.75, 3.05) is 6.54 Å². The van der Waals surface area contributed by atoms with Crippen LogP contribution >= 0.6 is 0 Å². The third kappa shape index (κ3) is 3.32. The minimum Gasteiger partial charge on any atom is -0.481 e. The van der Waals surface area contributed by atoms with Gasteiger partial charge in [0.25, 0.3) is 0 Å². The predicted octanol–water partition coefficient (Wildman–Crippen LogP) is 3.03. The number of hydrogen-bond donors (Lipinski definition) is 1. The molecule has 2 atom stereocenters. The predicted molar refractivity (Wildman–Crippen MR) is 83.6 cm³/mol. The molecule has 1 amide bonds. The lowest BCUT2D eigenvalue weighted by Crippen LogP contribution is -2.46. The Morgan fingerprint density at radius 3 is 2.83 bits per heavy atom. The molecule has 126 valence electrons. The Morgan fingerprint density at radius 2 is 2.17 bits per heavy atom. The van der Waals surface area contributed by atoms with Crippen LogP contribution in [-0.2, 0) is 16.0 Å². The number of carboxylic acid groups (broad SMARTS) is 1. The summed E-state index contributed by atoms with van der Waals surface area (Å²) < 4.78 is 18.7. The van der Waals surface area contributed by atoms with Crippen molar-refractivity contribution in [3.05, 3.63) is 59.8 Å². The van der Waals surface area contributed by atoms with E-state index in [1.807, 2.05) is 0 Å². The third-order valence-corrected chi connectivity index (χ3v) is 4.39. The van der Waals surface area contributed by atoms with Crippen molar-refractivity contribution in [3.63, 3.8) is 0 Å². The molecule has 1 aliphatic rings. The number of amides is 1. The largest absolute Gasteiger partial charge is 0.481 e. The Hall–Kier alpha value is -2.63. The average Bonchev–Trinajstić information content (AvgIpc) is 3.07. The number of halogens is 1. The minimum absolute atomic E-state index is 0.106. The lowest BCUT2D eigenvalue weighted by molar-refractivity contribution is -0.152. The summed E-state index contributed by atoms with van der Waals surface area (Å²) in [5, 5.41) is 9.50. The zero-order chi connectivity index (χ0) is 17.1. The summed E-state index contributed by atoms with van der Waals surface area (Å²) in [6.07, 6.45) is 2.40. The maximum atomic E-state index is 13.3. The first-order valence-electron chi connectivity index (χ1n) is 7.86. The van der Waals surface area contributed by atoms with Crippen LogP contribution in [0.1, 0.15) is 30.2 Å². The van der Waals surface area contributed by atoms with E-state index >= 15 is 0 Å². The molecular formula is C18H18FNO4. The zero-order valence-corrected chi connectivity index (χ0v) is 13.0. The van der Waals surface area contributed by atoms with Crippen molar-refractivity contribution in [1.82, 2.24) is 4.90 Å². The van der Waals surface area contributed by atoms with Gasteiger partial charge in [-0.15, -0.1) is 0 Å². The van der Waals surface area contributed by atoms with Gasteiger partial charge < -0.3 is 14.4 Å². The summed E-state index contributed by atoms with van der Waals surface area (Å²) >= 11 is 0. The number of aliphatic carboxylic acids is 1. The van der Waals surface area contributed by atoms with Crippen LogP contribution in [0.2, 0.25) is 0 Å². The summed E-state index contributed by atoms with van der Waals surface area (Å²) in [4.78, 5) is 25.5. The smallest absolute Gasteiger partial charge is 0.309 e. The van der Waals surface area contributed by atoms with E-state index in [1.54, 1.807) is 29.2 Å². The molecule has 0 saturated carbocycles. The number of rotatable bonds is 5. The van der Waals surface area contributed by atoms with E-state index in [1.165, 1.54) is 18.4 Å². The second-order valence-corrected chi connectivity index (χ2v) is 5.91. The highest BCUT2D eigenvalue weighted by atomic mass is 19.1. The number of piperidine rings is 1. The summed E-state index contributed by atoms with van der Waals surface area (Å²) in [7, 11) is 0. The molecular weight excluding hydrogens is 313 g/mol. The van der Waals surface area contributed by atoms with Gasteiger partial charge in [0.15, 0.2) is 0 Å². The number of carboxylic acids is 1. The van der Waals surface area contributed by atoms with Gasteiger partial charge in [-0.25, -0.2) is 4.39 Å². The summed E-state index contributed by atoms with van der Waals surface area (Å²) in [6, 6.07) is 8.92. The van der Waals surface area contributed by atoms with Gasteiger partial charge in [0.1, 0.15) is 17.6 Å². The van der Waals surface area contributed by atoms with E-state index in [0.717, 1.165) is 5.56 Å². The van der Waals surface area contributed by atoms with Gasteiger partial charge in [-0.3, -0.25) is 9.59 Å². The van der Waals surface area contributed by atoms with Crippen molar-refractivity contribution >= 4 is 11.9 Å². The van der Waals surface area contributed by atoms with Gasteiger partial charge in [0.05, 0.1) is 12.2 Å². The van der Waals surface area contributed by atoms with E-state index in [0.29, 0.717) is 18.7 Å². The van der Waals surface area contributed by atoms with Crippen LogP contribution in [0.5, 0.6) is 0 Å².